The van der Waals surface area contributed by atoms with Gasteiger partial charge in [-0.1, -0.05) is 11.8 Å². The van der Waals surface area contributed by atoms with Gasteiger partial charge in [0.1, 0.15) is 0 Å². The Morgan fingerprint density at radius 2 is 2.04 bits per heavy atom. The summed E-state index contributed by atoms with van der Waals surface area (Å²) in [6.07, 6.45) is 1.68. The van der Waals surface area contributed by atoms with Gasteiger partial charge in [0.05, 0.1) is 18.6 Å². The first kappa shape index (κ1) is 21.3. The lowest BCUT2D eigenvalue weighted by atomic mass is 9.79. The van der Waals surface area contributed by atoms with Crippen LogP contribution < -0.4 is 16.9 Å². The molecule has 2 atom stereocenters. The van der Waals surface area contributed by atoms with Crippen molar-refractivity contribution >= 4 is 11.8 Å². The van der Waals surface area contributed by atoms with E-state index < -0.39 is 36.0 Å². The van der Waals surface area contributed by atoms with E-state index in [-0.39, 0.29) is 11.1 Å². The van der Waals surface area contributed by atoms with Gasteiger partial charge in [0.25, 0.3) is 5.91 Å². The Morgan fingerprint density at radius 1 is 1.38 bits per heavy atom. The summed E-state index contributed by atoms with van der Waals surface area (Å²) in [6, 6.07) is 4.47. The maximum atomic E-state index is 12.1. The van der Waals surface area contributed by atoms with Crippen molar-refractivity contribution in [2.24, 2.45) is 11.5 Å². The zero-order valence-electron chi connectivity index (χ0n) is 14.6. The van der Waals surface area contributed by atoms with Crippen LogP contribution in [0.4, 0.5) is 0 Å². The Morgan fingerprint density at radius 3 is 2.54 bits per heavy atom. The molecule has 0 spiro atoms. The molecule has 0 aliphatic heterocycles. The number of hydroxylamine groups is 1. The van der Waals surface area contributed by atoms with Crippen molar-refractivity contribution in [2.75, 3.05) is 6.61 Å². The molecule has 1 rings (SSSR count). The number of nitrogens with two attached hydrogens (primary N) is 2. The molecule has 0 saturated carbocycles. The van der Waals surface area contributed by atoms with E-state index in [1.54, 1.807) is 25.4 Å². The minimum Gasteiger partial charge on any atom is -0.393 e. The number of carbonyl (C=O) groups is 2. The van der Waals surface area contributed by atoms with Gasteiger partial charge in [-0.15, -0.1) is 0 Å². The number of nitrogens with one attached hydrogen (secondary N) is 1. The van der Waals surface area contributed by atoms with E-state index in [9.17, 15) is 14.7 Å². The Hall–Kier alpha value is -2.70. The molecule has 0 aromatic heterocycles. The molecule has 0 saturated heterocycles. The van der Waals surface area contributed by atoms with Crippen LogP contribution >= 0.6 is 0 Å². The van der Waals surface area contributed by atoms with Crippen LogP contribution in [0.2, 0.25) is 0 Å². The zero-order chi connectivity index (χ0) is 19.9. The number of allylic oxidation sites excluding steroid dienone is 1. The van der Waals surface area contributed by atoms with E-state index in [1.807, 2.05) is 0 Å². The van der Waals surface area contributed by atoms with Crippen molar-refractivity contribution in [1.29, 1.82) is 0 Å². The van der Waals surface area contributed by atoms with Gasteiger partial charge in [0.2, 0.25) is 5.91 Å². The summed E-state index contributed by atoms with van der Waals surface area (Å²) in [6.45, 7) is 2.74. The van der Waals surface area contributed by atoms with Crippen molar-refractivity contribution in [2.45, 2.75) is 31.4 Å². The first-order valence-corrected chi connectivity index (χ1v) is 7.75. The normalized spacial score (nSPS) is 13.6. The van der Waals surface area contributed by atoms with Gasteiger partial charge < -0.3 is 21.7 Å². The van der Waals surface area contributed by atoms with Gasteiger partial charge >= 0.3 is 0 Å². The minimum atomic E-state index is -1.10. The lowest BCUT2D eigenvalue weighted by Crippen LogP contribution is -2.47. The largest absolute Gasteiger partial charge is 0.393 e. The van der Waals surface area contributed by atoms with Crippen LogP contribution in [-0.2, 0) is 4.79 Å². The van der Waals surface area contributed by atoms with Crippen LogP contribution in [0.1, 0.15) is 41.3 Å². The average molecular weight is 361 g/mol. The number of hydrogen-bond acceptors (Lipinski definition) is 6. The minimum absolute atomic E-state index is 0.0916. The summed E-state index contributed by atoms with van der Waals surface area (Å²) in [5.41, 5.74) is 12.7. The number of rotatable bonds is 6. The summed E-state index contributed by atoms with van der Waals surface area (Å²) < 4.78 is 0. The molecular formula is C18H23N3O5. The molecule has 1 aromatic carbocycles. The second-order valence-electron chi connectivity index (χ2n) is 6.28. The van der Waals surface area contributed by atoms with Gasteiger partial charge in [0, 0.05) is 16.7 Å². The molecule has 0 aliphatic carbocycles. The Kier molecular flexibility index (Phi) is 7.49. The Bertz CT molecular complexity index is 756. The summed E-state index contributed by atoms with van der Waals surface area (Å²) in [4.78, 5) is 23.9. The molecule has 8 nitrogen and oxygen atoms in total. The predicted octanol–water partition coefficient (Wildman–Crippen LogP) is -0.627. The van der Waals surface area contributed by atoms with E-state index >= 15 is 0 Å². The van der Waals surface area contributed by atoms with Crippen molar-refractivity contribution < 1.29 is 25.0 Å². The molecular weight excluding hydrogens is 338 g/mol. The topological polar surface area (TPSA) is 159 Å². The van der Waals surface area contributed by atoms with Gasteiger partial charge in [-0.05, 0) is 49.8 Å². The predicted molar refractivity (Wildman–Crippen MR) is 95.0 cm³/mol. The summed E-state index contributed by atoms with van der Waals surface area (Å²) in [7, 11) is 0. The molecule has 0 bridgehead atoms. The molecule has 0 fully saturated rings. The molecule has 140 valence electrons. The molecule has 26 heavy (non-hydrogen) atoms. The van der Waals surface area contributed by atoms with E-state index in [1.165, 1.54) is 24.3 Å². The fourth-order valence-corrected chi connectivity index (χ4v) is 2.39. The van der Waals surface area contributed by atoms with Crippen LogP contribution in [0.3, 0.4) is 0 Å². The highest BCUT2D eigenvalue weighted by Gasteiger charge is 2.35. The van der Waals surface area contributed by atoms with Gasteiger partial charge in [-0.3, -0.25) is 14.8 Å². The van der Waals surface area contributed by atoms with E-state index in [0.29, 0.717) is 5.56 Å². The van der Waals surface area contributed by atoms with Gasteiger partial charge in [0.15, 0.2) is 0 Å². The Balaban J connectivity index is 3.40. The molecule has 8 N–H and O–H groups in total. The summed E-state index contributed by atoms with van der Waals surface area (Å²) in [5, 5.41) is 27.0. The lowest BCUT2D eigenvalue weighted by molar-refractivity contribution is -0.132. The second-order valence-corrected chi connectivity index (χ2v) is 6.28. The standard InChI is InChI=1S/C18H23N3O5/c1-18(2,20)15(17(25)21-26)14-9-11(7-8-13(14)16(19)24)5-3-4-6-12(23)10-22/h4,6-9,12,15,22-23,26H,10,20H2,1-2H3,(H2,19,24)(H,21,25)/b6-4+/t12?,15-/m1/s1. The van der Waals surface area contributed by atoms with Crippen LogP contribution in [0, 0.1) is 11.8 Å². The highest BCUT2D eigenvalue weighted by Crippen LogP contribution is 2.30. The van der Waals surface area contributed by atoms with E-state index in [0.717, 1.165) is 0 Å². The van der Waals surface area contributed by atoms with Crippen molar-refractivity contribution in [3.63, 3.8) is 0 Å². The number of hydrogen-bond donors (Lipinski definition) is 6. The smallest absolute Gasteiger partial charge is 0.252 e. The summed E-state index contributed by atoms with van der Waals surface area (Å²) in [5.74, 6) is 2.86. The van der Waals surface area contributed by atoms with Crippen molar-refractivity contribution in [1.82, 2.24) is 5.48 Å². The monoisotopic (exact) mass is 361 g/mol. The third-order valence-electron chi connectivity index (χ3n) is 3.55. The molecule has 0 aliphatic rings. The molecule has 1 unspecified atom stereocenters. The maximum absolute atomic E-state index is 12.1. The number of amides is 2. The first-order valence-electron chi connectivity index (χ1n) is 7.75. The van der Waals surface area contributed by atoms with Gasteiger partial charge in [-0.25, -0.2) is 5.48 Å². The summed E-state index contributed by atoms with van der Waals surface area (Å²) >= 11 is 0. The first-order chi connectivity index (χ1) is 12.1. The fraction of sp³-hybridized carbons (Fsp3) is 0.333. The SMILES string of the molecule is CC(C)(N)[C@@H](C(=O)NO)c1cc(C#C/C=C/C(O)CO)ccc1C(N)=O. The molecule has 0 heterocycles. The Labute approximate surface area is 151 Å². The van der Waals surface area contributed by atoms with Crippen LogP contribution in [0.25, 0.3) is 0 Å². The average Bonchev–Trinajstić information content (AvgIpc) is 2.57. The van der Waals surface area contributed by atoms with Gasteiger partial charge in [-0.2, -0.15) is 0 Å². The maximum Gasteiger partial charge on any atom is 0.252 e. The van der Waals surface area contributed by atoms with Crippen molar-refractivity contribution in [3.05, 3.63) is 47.0 Å². The molecule has 2 amide bonds. The third-order valence-corrected chi connectivity index (χ3v) is 3.55. The van der Waals surface area contributed by atoms with E-state index in [4.69, 9.17) is 21.8 Å². The molecule has 8 heteroatoms. The number of aliphatic hydroxyl groups excluding tert-OH is 2. The highest BCUT2D eigenvalue weighted by molar-refractivity contribution is 5.97. The molecule has 1 aromatic rings. The second kappa shape index (κ2) is 9.12. The highest BCUT2D eigenvalue weighted by atomic mass is 16.5. The van der Waals surface area contributed by atoms with Crippen molar-refractivity contribution in [3.8, 4) is 11.8 Å². The number of carbonyl (C=O) groups excluding carboxylic acids is 2. The van der Waals surface area contributed by atoms with Crippen LogP contribution in [0.5, 0.6) is 0 Å². The quantitative estimate of drug-likeness (QED) is 0.225. The zero-order valence-corrected chi connectivity index (χ0v) is 14.6. The van der Waals surface area contributed by atoms with E-state index in [2.05, 4.69) is 11.8 Å². The van der Waals surface area contributed by atoms with Crippen LogP contribution in [0.15, 0.2) is 30.4 Å². The number of benzene rings is 1. The number of aliphatic hydroxyl groups is 2. The lowest BCUT2D eigenvalue weighted by Gasteiger charge is -2.30. The third kappa shape index (κ3) is 5.68. The molecule has 0 radical (unpaired) electrons. The van der Waals surface area contributed by atoms with Crippen LogP contribution in [-0.4, -0.2) is 45.5 Å². The number of primary amides is 1. The fourth-order valence-electron chi connectivity index (χ4n) is 2.39.